The number of rotatable bonds is 3. The molecule has 0 heterocycles. The molecular weight excluding hydrogens is 405 g/mol. The summed E-state index contributed by atoms with van der Waals surface area (Å²) in [5.41, 5.74) is 1.11. The SMILES string of the molecule is N#CC(C(=O)c1ccc(Cl)c(Br)c1)c1ccccc1Br. The summed E-state index contributed by atoms with van der Waals surface area (Å²) in [7, 11) is 0. The Hall–Kier alpha value is -1.15. The van der Waals surface area contributed by atoms with Crippen molar-refractivity contribution in [2.45, 2.75) is 5.92 Å². The van der Waals surface area contributed by atoms with E-state index in [1.165, 1.54) is 0 Å². The third kappa shape index (κ3) is 3.12. The minimum Gasteiger partial charge on any atom is -0.292 e. The minimum atomic E-state index is -0.848. The molecule has 0 N–H and O–H groups in total. The molecule has 0 saturated heterocycles. The van der Waals surface area contributed by atoms with Crippen LogP contribution in [0.4, 0.5) is 0 Å². The number of benzene rings is 2. The number of nitrogens with zero attached hydrogens (tertiary/aromatic N) is 1. The molecule has 1 unspecified atom stereocenters. The van der Waals surface area contributed by atoms with Gasteiger partial charge in [0.25, 0.3) is 0 Å². The second-order valence-corrected chi connectivity index (χ2v) is 6.19. The van der Waals surface area contributed by atoms with Crippen LogP contribution in [0.1, 0.15) is 21.8 Å². The molecule has 2 aromatic rings. The zero-order valence-electron chi connectivity index (χ0n) is 10.1. The Morgan fingerprint density at radius 3 is 2.45 bits per heavy atom. The van der Waals surface area contributed by atoms with Crippen molar-refractivity contribution in [3.8, 4) is 6.07 Å². The van der Waals surface area contributed by atoms with Crippen molar-refractivity contribution < 1.29 is 4.79 Å². The van der Waals surface area contributed by atoms with E-state index in [2.05, 4.69) is 37.9 Å². The van der Waals surface area contributed by atoms with Crippen LogP contribution in [0.15, 0.2) is 51.4 Å². The lowest BCUT2D eigenvalue weighted by molar-refractivity contribution is 0.0978. The Morgan fingerprint density at radius 1 is 1.15 bits per heavy atom. The largest absolute Gasteiger partial charge is 0.292 e. The van der Waals surface area contributed by atoms with E-state index in [9.17, 15) is 10.1 Å². The molecule has 0 amide bonds. The lowest BCUT2D eigenvalue weighted by atomic mass is 9.92. The summed E-state index contributed by atoms with van der Waals surface area (Å²) in [6.07, 6.45) is 0. The highest BCUT2D eigenvalue weighted by molar-refractivity contribution is 9.10. The quantitative estimate of drug-likeness (QED) is 0.636. The van der Waals surface area contributed by atoms with Crippen LogP contribution < -0.4 is 0 Å². The van der Waals surface area contributed by atoms with E-state index < -0.39 is 5.92 Å². The van der Waals surface area contributed by atoms with Crippen molar-refractivity contribution in [1.29, 1.82) is 5.26 Å². The van der Waals surface area contributed by atoms with Crippen molar-refractivity contribution in [2.75, 3.05) is 0 Å². The molecule has 2 nitrogen and oxygen atoms in total. The fourth-order valence-electron chi connectivity index (χ4n) is 1.79. The fourth-order valence-corrected chi connectivity index (χ4v) is 2.80. The van der Waals surface area contributed by atoms with E-state index >= 15 is 0 Å². The average molecular weight is 413 g/mol. The highest BCUT2D eigenvalue weighted by Gasteiger charge is 2.23. The number of carbonyl (C=O) groups excluding carboxylic acids is 1. The highest BCUT2D eigenvalue weighted by Crippen LogP contribution is 2.30. The monoisotopic (exact) mass is 411 g/mol. The van der Waals surface area contributed by atoms with Gasteiger partial charge in [0, 0.05) is 14.5 Å². The lowest BCUT2D eigenvalue weighted by Crippen LogP contribution is -2.11. The topological polar surface area (TPSA) is 40.9 Å². The zero-order chi connectivity index (χ0) is 14.7. The smallest absolute Gasteiger partial charge is 0.184 e. The van der Waals surface area contributed by atoms with Crippen LogP contribution in [0.3, 0.4) is 0 Å². The summed E-state index contributed by atoms with van der Waals surface area (Å²) in [5.74, 6) is -1.10. The van der Waals surface area contributed by atoms with Crippen molar-refractivity contribution in [2.24, 2.45) is 0 Å². The number of halogens is 3. The van der Waals surface area contributed by atoms with Gasteiger partial charge < -0.3 is 0 Å². The Kier molecular flexibility index (Phi) is 4.98. The van der Waals surface area contributed by atoms with Gasteiger partial charge in [-0.2, -0.15) is 5.26 Å². The summed E-state index contributed by atoms with van der Waals surface area (Å²) < 4.78 is 1.38. The summed E-state index contributed by atoms with van der Waals surface area (Å²) >= 11 is 12.6. The van der Waals surface area contributed by atoms with Crippen LogP contribution in [0.5, 0.6) is 0 Å². The number of carbonyl (C=O) groups is 1. The van der Waals surface area contributed by atoms with Crippen LogP contribution in [-0.4, -0.2) is 5.78 Å². The minimum absolute atomic E-state index is 0.253. The third-order valence-corrected chi connectivity index (χ3v) is 4.75. The number of hydrogen-bond acceptors (Lipinski definition) is 2. The van der Waals surface area contributed by atoms with E-state index in [-0.39, 0.29) is 5.78 Å². The molecule has 0 fully saturated rings. The molecule has 0 radical (unpaired) electrons. The number of ketones is 1. The first-order chi connectivity index (χ1) is 9.54. The predicted octanol–water partition coefficient (Wildman–Crippen LogP) is 5.36. The van der Waals surface area contributed by atoms with E-state index in [4.69, 9.17) is 11.6 Å². The Bertz CT molecular complexity index is 709. The fraction of sp³-hybridized carbons (Fsp3) is 0.0667. The molecule has 0 aliphatic heterocycles. The first kappa shape index (κ1) is 15.2. The standard InChI is InChI=1S/C15H8Br2ClNO/c16-12-4-2-1-3-10(12)11(8-19)15(20)9-5-6-14(18)13(17)7-9/h1-7,11H. The van der Waals surface area contributed by atoms with Crippen LogP contribution in [0.25, 0.3) is 0 Å². The van der Waals surface area contributed by atoms with Crippen molar-refractivity contribution >= 4 is 49.2 Å². The molecule has 20 heavy (non-hydrogen) atoms. The Balaban J connectivity index is 2.42. The van der Waals surface area contributed by atoms with Gasteiger partial charge in [-0.3, -0.25) is 4.79 Å². The molecular formula is C15H8Br2ClNO. The molecule has 0 saturated carbocycles. The van der Waals surface area contributed by atoms with Crippen LogP contribution in [-0.2, 0) is 0 Å². The molecule has 0 aliphatic rings. The molecule has 0 spiro atoms. The van der Waals surface area contributed by atoms with Gasteiger partial charge in [-0.1, -0.05) is 45.7 Å². The molecule has 0 aromatic heterocycles. The average Bonchev–Trinajstić information content (AvgIpc) is 2.44. The maximum Gasteiger partial charge on any atom is 0.184 e. The van der Waals surface area contributed by atoms with Crippen LogP contribution in [0, 0.1) is 11.3 Å². The predicted molar refractivity (Wildman–Crippen MR) is 86.0 cm³/mol. The molecule has 5 heteroatoms. The molecule has 0 bridgehead atoms. The first-order valence-electron chi connectivity index (χ1n) is 5.68. The van der Waals surface area contributed by atoms with Gasteiger partial charge in [0.15, 0.2) is 5.78 Å². The van der Waals surface area contributed by atoms with Gasteiger partial charge in [0.2, 0.25) is 0 Å². The molecule has 0 aliphatic carbocycles. The van der Waals surface area contributed by atoms with Crippen molar-refractivity contribution in [3.05, 3.63) is 67.6 Å². The van der Waals surface area contributed by atoms with E-state index in [0.29, 0.717) is 20.6 Å². The summed E-state index contributed by atoms with van der Waals surface area (Å²) in [4.78, 5) is 12.5. The molecule has 2 aromatic carbocycles. The van der Waals surface area contributed by atoms with Gasteiger partial charge in [-0.05, 0) is 45.8 Å². The van der Waals surface area contributed by atoms with Gasteiger partial charge in [-0.15, -0.1) is 0 Å². The normalized spacial score (nSPS) is 11.7. The number of hydrogen-bond donors (Lipinski definition) is 0. The number of nitriles is 1. The Labute approximate surface area is 138 Å². The maximum atomic E-state index is 12.5. The molecule has 100 valence electrons. The summed E-state index contributed by atoms with van der Waals surface area (Å²) in [6.45, 7) is 0. The van der Waals surface area contributed by atoms with Gasteiger partial charge in [-0.25, -0.2) is 0 Å². The highest BCUT2D eigenvalue weighted by atomic mass is 79.9. The zero-order valence-corrected chi connectivity index (χ0v) is 14.0. The summed E-state index contributed by atoms with van der Waals surface area (Å²) in [6, 6.07) is 14.2. The maximum absolute atomic E-state index is 12.5. The number of Topliss-reactive ketones (excluding diaryl/α,β-unsaturated/α-hetero) is 1. The lowest BCUT2D eigenvalue weighted by Gasteiger charge is -2.11. The second kappa shape index (κ2) is 6.53. The van der Waals surface area contributed by atoms with E-state index in [0.717, 1.165) is 4.47 Å². The third-order valence-electron chi connectivity index (χ3n) is 2.81. The Morgan fingerprint density at radius 2 is 1.85 bits per heavy atom. The van der Waals surface area contributed by atoms with Crippen LogP contribution >= 0.6 is 43.5 Å². The van der Waals surface area contributed by atoms with Crippen LogP contribution in [0.2, 0.25) is 5.02 Å². The molecule has 2 rings (SSSR count). The molecule has 1 atom stereocenters. The van der Waals surface area contributed by atoms with Gasteiger partial charge >= 0.3 is 0 Å². The van der Waals surface area contributed by atoms with E-state index in [1.807, 2.05) is 12.1 Å². The second-order valence-electron chi connectivity index (χ2n) is 4.08. The van der Waals surface area contributed by atoms with Crippen molar-refractivity contribution in [1.82, 2.24) is 0 Å². The van der Waals surface area contributed by atoms with Gasteiger partial charge in [0.1, 0.15) is 5.92 Å². The van der Waals surface area contributed by atoms with E-state index in [1.54, 1.807) is 30.3 Å². The van der Waals surface area contributed by atoms with Gasteiger partial charge in [0.05, 0.1) is 11.1 Å². The van der Waals surface area contributed by atoms with Crippen molar-refractivity contribution in [3.63, 3.8) is 0 Å². The summed E-state index contributed by atoms with van der Waals surface area (Å²) in [5, 5.41) is 9.85. The first-order valence-corrected chi connectivity index (χ1v) is 7.64.